The first-order valence-electron chi connectivity index (χ1n) is 10.4. The van der Waals surface area contributed by atoms with Crippen molar-refractivity contribution in [3.63, 3.8) is 0 Å². The molecule has 7 nitrogen and oxygen atoms in total. The van der Waals surface area contributed by atoms with Crippen LogP contribution in [0.5, 0.6) is 5.75 Å². The van der Waals surface area contributed by atoms with E-state index in [0.29, 0.717) is 12.2 Å². The molecule has 1 atom stereocenters. The van der Waals surface area contributed by atoms with Crippen molar-refractivity contribution in [1.82, 2.24) is 19.5 Å². The summed E-state index contributed by atoms with van der Waals surface area (Å²) >= 11 is 0. The minimum Gasteiger partial charge on any atom is -0.491 e. The average Bonchev–Trinajstić information content (AvgIpc) is 3.07. The van der Waals surface area contributed by atoms with Gasteiger partial charge in [-0.2, -0.15) is 4.98 Å². The molecule has 0 fully saturated rings. The van der Waals surface area contributed by atoms with Crippen molar-refractivity contribution in [2.24, 2.45) is 0 Å². The number of ether oxygens (including phenoxy) is 1. The highest BCUT2D eigenvalue weighted by Crippen LogP contribution is 2.25. The van der Waals surface area contributed by atoms with Crippen molar-refractivity contribution in [2.75, 3.05) is 0 Å². The van der Waals surface area contributed by atoms with Crippen LogP contribution in [0.15, 0.2) is 59.4 Å². The van der Waals surface area contributed by atoms with Gasteiger partial charge in [0.2, 0.25) is 5.91 Å². The van der Waals surface area contributed by atoms with Gasteiger partial charge >= 0.3 is 0 Å². The highest BCUT2D eigenvalue weighted by molar-refractivity contribution is 5.94. The molecule has 0 aliphatic rings. The van der Waals surface area contributed by atoms with Crippen LogP contribution in [0.25, 0.3) is 16.6 Å². The lowest BCUT2D eigenvalue weighted by atomic mass is 10.2. The summed E-state index contributed by atoms with van der Waals surface area (Å²) in [5.41, 5.74) is 2.83. The van der Waals surface area contributed by atoms with Gasteiger partial charge in [-0.1, -0.05) is 24.3 Å². The Kier molecular flexibility index (Phi) is 5.50. The van der Waals surface area contributed by atoms with Gasteiger partial charge in [-0.05, 0) is 57.5 Å². The number of fused-ring (bicyclic) bond motifs is 3. The zero-order chi connectivity index (χ0) is 22.1. The van der Waals surface area contributed by atoms with Crippen LogP contribution in [0, 0.1) is 6.92 Å². The molecule has 4 rings (SSSR count). The molecule has 2 aromatic carbocycles. The van der Waals surface area contributed by atoms with Crippen molar-refractivity contribution in [2.45, 2.75) is 46.4 Å². The molecular formula is C24H26N4O3. The van der Waals surface area contributed by atoms with E-state index < -0.39 is 6.04 Å². The summed E-state index contributed by atoms with van der Waals surface area (Å²) in [4.78, 5) is 29.2. The van der Waals surface area contributed by atoms with Gasteiger partial charge in [0, 0.05) is 23.7 Å². The van der Waals surface area contributed by atoms with Gasteiger partial charge in [0.1, 0.15) is 11.8 Å². The first kappa shape index (κ1) is 20.7. The standard InChI is InChI=1S/C24H26N4O3/c1-15(2)31-19-11-9-18(10-12-19)14-25-24(30)17(4)28-21-8-6-5-7-20(21)23-26-22(29)13-16(3)27(23)28/h5-13,15,17H,14H2,1-4H3,(H,25,30). The van der Waals surface area contributed by atoms with E-state index >= 15 is 0 Å². The second-order valence-corrected chi connectivity index (χ2v) is 7.94. The number of amides is 1. The predicted octanol–water partition coefficient (Wildman–Crippen LogP) is 3.62. The Labute approximate surface area is 180 Å². The van der Waals surface area contributed by atoms with E-state index in [1.165, 1.54) is 6.07 Å². The Balaban J connectivity index is 1.61. The molecule has 1 unspecified atom stereocenters. The number of para-hydroxylation sites is 1. The number of aromatic nitrogens is 3. The number of rotatable bonds is 6. The SMILES string of the molecule is Cc1cc(=O)nc2c3ccccc3n(C(C)C(=O)NCc3ccc(OC(C)C)cc3)n12. The molecular weight excluding hydrogens is 392 g/mol. The molecule has 31 heavy (non-hydrogen) atoms. The number of carbonyl (C=O) groups excluding carboxylic acids is 1. The molecule has 2 aromatic heterocycles. The van der Waals surface area contributed by atoms with Gasteiger partial charge in [0.25, 0.3) is 5.56 Å². The van der Waals surface area contributed by atoms with E-state index in [0.717, 1.165) is 27.9 Å². The first-order chi connectivity index (χ1) is 14.8. The topological polar surface area (TPSA) is 77.6 Å². The van der Waals surface area contributed by atoms with Crippen LogP contribution in [-0.4, -0.2) is 26.2 Å². The molecule has 160 valence electrons. The second-order valence-electron chi connectivity index (χ2n) is 7.94. The third kappa shape index (κ3) is 4.03. The van der Waals surface area contributed by atoms with Crippen LogP contribution in [-0.2, 0) is 11.3 Å². The van der Waals surface area contributed by atoms with E-state index in [1.807, 2.05) is 85.4 Å². The summed E-state index contributed by atoms with van der Waals surface area (Å²) in [6.45, 7) is 8.07. The summed E-state index contributed by atoms with van der Waals surface area (Å²) in [5.74, 6) is 0.684. The molecule has 4 aromatic rings. The monoisotopic (exact) mass is 418 g/mol. The molecule has 0 radical (unpaired) electrons. The predicted molar refractivity (Wildman–Crippen MR) is 120 cm³/mol. The maximum Gasteiger partial charge on any atom is 0.273 e. The Bertz CT molecular complexity index is 1300. The van der Waals surface area contributed by atoms with Gasteiger partial charge in [-0.15, -0.1) is 0 Å². The molecule has 0 spiro atoms. The van der Waals surface area contributed by atoms with E-state index in [4.69, 9.17) is 4.74 Å². The van der Waals surface area contributed by atoms with Crippen molar-refractivity contribution in [3.8, 4) is 5.75 Å². The van der Waals surface area contributed by atoms with Crippen LogP contribution in [0.4, 0.5) is 0 Å². The lowest BCUT2D eigenvalue weighted by molar-refractivity contribution is -0.124. The number of aryl methyl sites for hydroxylation is 1. The van der Waals surface area contributed by atoms with E-state index in [2.05, 4.69) is 10.3 Å². The third-order valence-corrected chi connectivity index (χ3v) is 5.20. The highest BCUT2D eigenvalue weighted by Gasteiger charge is 2.22. The van der Waals surface area contributed by atoms with E-state index in [-0.39, 0.29) is 17.6 Å². The molecule has 7 heteroatoms. The summed E-state index contributed by atoms with van der Waals surface area (Å²) in [6, 6.07) is 16.3. The van der Waals surface area contributed by atoms with Crippen LogP contribution in [0.3, 0.4) is 0 Å². The Hall–Kier alpha value is -3.61. The molecule has 0 aliphatic carbocycles. The molecule has 1 amide bonds. The number of carbonyl (C=O) groups is 1. The Morgan fingerprint density at radius 1 is 1.10 bits per heavy atom. The smallest absolute Gasteiger partial charge is 0.273 e. The summed E-state index contributed by atoms with van der Waals surface area (Å²) in [5, 5.41) is 3.85. The fourth-order valence-electron chi connectivity index (χ4n) is 3.80. The lowest BCUT2D eigenvalue weighted by Gasteiger charge is -2.18. The normalized spacial score (nSPS) is 12.4. The van der Waals surface area contributed by atoms with Gasteiger partial charge in [0.15, 0.2) is 5.65 Å². The number of hydrogen-bond acceptors (Lipinski definition) is 4. The Morgan fingerprint density at radius 2 is 1.81 bits per heavy atom. The van der Waals surface area contributed by atoms with Crippen LogP contribution in [0.2, 0.25) is 0 Å². The summed E-state index contributed by atoms with van der Waals surface area (Å²) in [7, 11) is 0. The fraction of sp³-hybridized carbons (Fsp3) is 0.292. The zero-order valence-corrected chi connectivity index (χ0v) is 18.1. The van der Waals surface area contributed by atoms with Gasteiger partial charge in [-0.25, -0.2) is 4.52 Å². The van der Waals surface area contributed by atoms with E-state index in [1.54, 1.807) is 0 Å². The molecule has 0 bridgehead atoms. The van der Waals surface area contributed by atoms with Crippen LogP contribution < -0.4 is 15.6 Å². The van der Waals surface area contributed by atoms with Crippen molar-refractivity contribution in [3.05, 3.63) is 76.2 Å². The molecule has 0 saturated carbocycles. The van der Waals surface area contributed by atoms with Gasteiger partial charge in [0.05, 0.1) is 11.6 Å². The summed E-state index contributed by atoms with van der Waals surface area (Å²) < 4.78 is 9.39. The van der Waals surface area contributed by atoms with Gasteiger partial charge in [-0.3, -0.25) is 14.3 Å². The minimum absolute atomic E-state index is 0.116. The fourth-order valence-corrected chi connectivity index (χ4v) is 3.80. The second kappa shape index (κ2) is 8.26. The quantitative estimate of drug-likeness (QED) is 0.519. The molecule has 0 aliphatic heterocycles. The van der Waals surface area contributed by atoms with Crippen LogP contribution >= 0.6 is 0 Å². The van der Waals surface area contributed by atoms with E-state index in [9.17, 15) is 9.59 Å². The number of hydrogen-bond donors (Lipinski definition) is 1. The zero-order valence-electron chi connectivity index (χ0n) is 18.1. The number of benzene rings is 2. The van der Waals surface area contributed by atoms with Crippen molar-refractivity contribution >= 4 is 22.5 Å². The van der Waals surface area contributed by atoms with Crippen LogP contribution in [0.1, 0.15) is 38.1 Å². The van der Waals surface area contributed by atoms with Gasteiger partial charge < -0.3 is 10.1 Å². The number of nitrogens with one attached hydrogen (secondary N) is 1. The largest absolute Gasteiger partial charge is 0.491 e. The maximum atomic E-state index is 13.0. The number of nitrogens with zero attached hydrogens (tertiary/aromatic N) is 3. The lowest BCUT2D eigenvalue weighted by Crippen LogP contribution is -2.32. The first-order valence-corrected chi connectivity index (χ1v) is 10.4. The molecule has 2 heterocycles. The minimum atomic E-state index is -0.506. The third-order valence-electron chi connectivity index (χ3n) is 5.20. The Morgan fingerprint density at radius 3 is 2.52 bits per heavy atom. The maximum absolute atomic E-state index is 13.0. The van der Waals surface area contributed by atoms with Crippen molar-refractivity contribution in [1.29, 1.82) is 0 Å². The molecule has 1 N–H and O–H groups in total. The highest BCUT2D eigenvalue weighted by atomic mass is 16.5. The average molecular weight is 418 g/mol. The summed E-state index contributed by atoms with van der Waals surface area (Å²) in [6.07, 6.45) is 0.116. The van der Waals surface area contributed by atoms with Crippen molar-refractivity contribution < 1.29 is 9.53 Å². The molecule has 0 saturated heterocycles.